The molecule has 32 heavy (non-hydrogen) atoms. The lowest BCUT2D eigenvalue weighted by Gasteiger charge is -2.30. The Kier molecular flexibility index (Phi) is 7.32. The van der Waals surface area contributed by atoms with Crippen LogP contribution in [0.2, 0.25) is 0 Å². The van der Waals surface area contributed by atoms with Crippen LogP contribution in [0.5, 0.6) is 0 Å². The molecule has 2 fully saturated rings. The Bertz CT molecular complexity index is 1020. The quantitative estimate of drug-likeness (QED) is 0.686. The summed E-state index contributed by atoms with van der Waals surface area (Å²) in [6, 6.07) is 5.07. The predicted octanol–water partition coefficient (Wildman–Crippen LogP) is 3.07. The number of piperidine rings is 1. The number of carbonyl (C=O) groups is 2. The third-order valence-corrected chi connectivity index (χ3v) is 9.47. The fourth-order valence-electron chi connectivity index (χ4n) is 4.24. The minimum atomic E-state index is -3.68. The van der Waals surface area contributed by atoms with E-state index < -0.39 is 10.0 Å². The Hall–Kier alpha value is -2.17. The highest BCUT2D eigenvalue weighted by molar-refractivity contribution is 7.91. The molecule has 0 spiro atoms. The number of nitrogens with one attached hydrogen (secondary N) is 1. The van der Waals surface area contributed by atoms with Gasteiger partial charge in [-0.2, -0.15) is 4.31 Å². The van der Waals surface area contributed by atoms with Crippen LogP contribution in [0.4, 0.5) is 0 Å². The number of thiophene rings is 1. The third kappa shape index (κ3) is 5.24. The average Bonchev–Trinajstić information content (AvgIpc) is 3.44. The molecule has 2 aliphatic heterocycles. The molecule has 2 saturated heterocycles. The van der Waals surface area contributed by atoms with Gasteiger partial charge >= 0.3 is 0 Å². The SMILES string of the molecule is O=C(NCc1ccco1)C1CCN(S(=O)(=O)c2cc(C(=O)N3CCCCCC3)cs2)CC1. The normalized spacial score (nSPS) is 18.9. The zero-order valence-corrected chi connectivity index (χ0v) is 19.6. The topological polar surface area (TPSA) is 99.9 Å². The van der Waals surface area contributed by atoms with E-state index in [9.17, 15) is 18.0 Å². The van der Waals surface area contributed by atoms with Gasteiger partial charge in [-0.1, -0.05) is 12.8 Å². The summed E-state index contributed by atoms with van der Waals surface area (Å²) in [4.78, 5) is 27.1. The maximum Gasteiger partial charge on any atom is 0.254 e. The first-order valence-electron chi connectivity index (χ1n) is 11.1. The van der Waals surface area contributed by atoms with E-state index in [-0.39, 0.29) is 35.0 Å². The van der Waals surface area contributed by atoms with Crippen LogP contribution in [-0.4, -0.2) is 55.6 Å². The smallest absolute Gasteiger partial charge is 0.254 e. The highest BCUT2D eigenvalue weighted by atomic mass is 32.2. The third-order valence-electron chi connectivity index (χ3n) is 6.15. The van der Waals surface area contributed by atoms with Crippen LogP contribution < -0.4 is 5.32 Å². The van der Waals surface area contributed by atoms with Gasteiger partial charge in [0.2, 0.25) is 5.91 Å². The molecule has 2 aromatic heterocycles. The van der Waals surface area contributed by atoms with E-state index in [4.69, 9.17) is 4.42 Å². The molecule has 0 bridgehead atoms. The first kappa shape index (κ1) is 23.0. The molecule has 8 nitrogen and oxygen atoms in total. The molecular formula is C22H29N3O5S2. The number of carbonyl (C=O) groups excluding carboxylic acids is 2. The zero-order valence-electron chi connectivity index (χ0n) is 18.0. The van der Waals surface area contributed by atoms with Crippen LogP contribution in [0.3, 0.4) is 0 Å². The molecule has 0 saturated carbocycles. The molecule has 2 aromatic rings. The summed E-state index contributed by atoms with van der Waals surface area (Å²) in [5.41, 5.74) is 0.447. The number of amides is 2. The Morgan fingerprint density at radius 2 is 1.81 bits per heavy atom. The second-order valence-corrected chi connectivity index (χ2v) is 11.4. The largest absolute Gasteiger partial charge is 0.467 e. The molecule has 0 aromatic carbocycles. The highest BCUT2D eigenvalue weighted by Gasteiger charge is 2.33. The van der Waals surface area contributed by atoms with E-state index in [1.165, 1.54) is 10.4 Å². The summed E-state index contributed by atoms with van der Waals surface area (Å²) >= 11 is 1.09. The van der Waals surface area contributed by atoms with Gasteiger partial charge in [0.15, 0.2) is 0 Å². The van der Waals surface area contributed by atoms with E-state index >= 15 is 0 Å². The predicted molar refractivity (Wildman–Crippen MR) is 121 cm³/mol. The van der Waals surface area contributed by atoms with Gasteiger partial charge in [-0.15, -0.1) is 11.3 Å². The molecule has 4 heterocycles. The minimum Gasteiger partial charge on any atom is -0.467 e. The van der Waals surface area contributed by atoms with Crippen LogP contribution in [-0.2, 0) is 21.4 Å². The number of furan rings is 1. The number of rotatable bonds is 6. The summed E-state index contributed by atoms with van der Waals surface area (Å²) in [6.07, 6.45) is 6.73. The monoisotopic (exact) mass is 479 g/mol. The molecule has 0 radical (unpaired) electrons. The number of nitrogens with zero attached hydrogens (tertiary/aromatic N) is 2. The van der Waals surface area contributed by atoms with Crippen molar-refractivity contribution in [1.29, 1.82) is 0 Å². The summed E-state index contributed by atoms with van der Waals surface area (Å²) in [6.45, 7) is 2.36. The van der Waals surface area contributed by atoms with Crippen LogP contribution >= 0.6 is 11.3 Å². The number of hydrogen-bond donors (Lipinski definition) is 1. The second kappa shape index (κ2) is 10.2. The molecule has 0 atom stereocenters. The molecule has 2 aliphatic rings. The van der Waals surface area contributed by atoms with Crippen molar-refractivity contribution >= 4 is 33.2 Å². The molecule has 2 amide bonds. The maximum atomic E-state index is 13.1. The van der Waals surface area contributed by atoms with Crippen molar-refractivity contribution in [2.45, 2.75) is 49.3 Å². The number of likely N-dealkylation sites (tertiary alicyclic amines) is 1. The van der Waals surface area contributed by atoms with Crippen molar-refractivity contribution < 1.29 is 22.4 Å². The Morgan fingerprint density at radius 3 is 2.47 bits per heavy atom. The second-order valence-electron chi connectivity index (χ2n) is 8.34. The average molecular weight is 480 g/mol. The lowest BCUT2D eigenvalue weighted by Crippen LogP contribution is -2.42. The summed E-state index contributed by atoms with van der Waals surface area (Å²) < 4.78 is 33.1. The first-order valence-corrected chi connectivity index (χ1v) is 13.4. The van der Waals surface area contributed by atoms with Crippen LogP contribution in [0.15, 0.2) is 38.5 Å². The van der Waals surface area contributed by atoms with Crippen LogP contribution in [0, 0.1) is 5.92 Å². The van der Waals surface area contributed by atoms with E-state index in [1.54, 1.807) is 23.8 Å². The molecule has 174 valence electrons. The summed E-state index contributed by atoms with van der Waals surface area (Å²) in [5.74, 6) is 0.290. The zero-order chi connectivity index (χ0) is 22.6. The number of sulfonamides is 1. The molecule has 1 N–H and O–H groups in total. The van der Waals surface area contributed by atoms with Crippen molar-refractivity contribution in [3.63, 3.8) is 0 Å². The van der Waals surface area contributed by atoms with E-state index in [1.807, 2.05) is 4.90 Å². The lowest BCUT2D eigenvalue weighted by molar-refractivity contribution is -0.126. The van der Waals surface area contributed by atoms with Crippen molar-refractivity contribution in [2.75, 3.05) is 26.2 Å². The highest BCUT2D eigenvalue weighted by Crippen LogP contribution is 2.29. The van der Waals surface area contributed by atoms with Crippen molar-refractivity contribution in [3.8, 4) is 0 Å². The van der Waals surface area contributed by atoms with Crippen LogP contribution in [0.25, 0.3) is 0 Å². The lowest BCUT2D eigenvalue weighted by atomic mass is 9.97. The molecule has 4 rings (SSSR count). The fraction of sp³-hybridized carbons (Fsp3) is 0.545. The van der Waals surface area contributed by atoms with Gasteiger partial charge in [0.05, 0.1) is 18.4 Å². The van der Waals surface area contributed by atoms with Crippen molar-refractivity contribution in [1.82, 2.24) is 14.5 Å². The van der Waals surface area contributed by atoms with Gasteiger partial charge < -0.3 is 14.6 Å². The van der Waals surface area contributed by atoms with Gasteiger partial charge in [-0.3, -0.25) is 9.59 Å². The fourth-order valence-corrected chi connectivity index (χ4v) is 7.01. The van der Waals surface area contributed by atoms with Gasteiger partial charge in [0, 0.05) is 37.5 Å². The Morgan fingerprint density at radius 1 is 1.09 bits per heavy atom. The Balaban J connectivity index is 1.33. The van der Waals surface area contributed by atoms with Crippen LogP contribution in [0.1, 0.15) is 54.6 Å². The molecular weight excluding hydrogens is 450 g/mol. The van der Waals surface area contributed by atoms with Gasteiger partial charge in [0.25, 0.3) is 15.9 Å². The van der Waals surface area contributed by atoms with E-state index in [0.29, 0.717) is 30.7 Å². The Labute approximate surface area is 192 Å². The van der Waals surface area contributed by atoms with E-state index in [2.05, 4.69) is 5.32 Å². The van der Waals surface area contributed by atoms with Gasteiger partial charge in [-0.25, -0.2) is 8.42 Å². The standard InChI is InChI=1S/C22H29N3O5S2/c26-21(23-15-19-6-5-13-30-19)17-7-11-25(12-8-17)32(28,29)20-14-18(16-31-20)22(27)24-9-3-1-2-4-10-24/h5-6,13-14,16-17H,1-4,7-12,15H2,(H,23,26). The number of hydrogen-bond acceptors (Lipinski definition) is 6. The van der Waals surface area contributed by atoms with Crippen molar-refractivity contribution in [2.24, 2.45) is 5.92 Å². The molecule has 10 heteroatoms. The summed E-state index contributed by atoms with van der Waals surface area (Å²) in [7, 11) is -3.68. The molecule has 0 aliphatic carbocycles. The minimum absolute atomic E-state index is 0.0834. The first-order chi connectivity index (χ1) is 15.4. The van der Waals surface area contributed by atoms with E-state index in [0.717, 1.165) is 50.1 Å². The van der Waals surface area contributed by atoms with Crippen molar-refractivity contribution in [3.05, 3.63) is 41.2 Å². The summed E-state index contributed by atoms with van der Waals surface area (Å²) in [5, 5.41) is 4.50. The van der Waals surface area contributed by atoms with Gasteiger partial charge in [0.1, 0.15) is 9.97 Å². The molecule has 0 unspecified atom stereocenters. The van der Waals surface area contributed by atoms with Gasteiger partial charge in [-0.05, 0) is 43.9 Å². The maximum absolute atomic E-state index is 13.1.